The fraction of sp³-hybridized carbons (Fsp3) is 0.562. The number of anilines is 1. The lowest BCUT2D eigenvalue weighted by Gasteiger charge is -2.17. The summed E-state index contributed by atoms with van der Waals surface area (Å²) < 4.78 is 19.7. The standard InChI is InChI=1S/C16H23FN2O2.ClH/c1-10(11(2)18)16(20)19-12-7-8-15(14(17)9-12)21-13-5-3-4-6-13;/h7-11,13H,3-6,18H2,1-2H3,(H,19,20);1H. The number of halogens is 2. The van der Waals surface area contributed by atoms with Gasteiger partial charge in [0.2, 0.25) is 5.91 Å². The van der Waals surface area contributed by atoms with Gasteiger partial charge < -0.3 is 15.8 Å². The van der Waals surface area contributed by atoms with Crippen LogP contribution in [0.5, 0.6) is 5.75 Å². The molecule has 1 aromatic rings. The number of hydrogen-bond acceptors (Lipinski definition) is 3. The zero-order valence-corrected chi connectivity index (χ0v) is 13.8. The van der Waals surface area contributed by atoms with Crippen LogP contribution in [0.3, 0.4) is 0 Å². The number of carbonyl (C=O) groups is 1. The lowest BCUT2D eigenvalue weighted by molar-refractivity contribution is -0.119. The molecule has 2 unspecified atom stereocenters. The second kappa shape index (κ2) is 8.34. The molecule has 2 atom stereocenters. The van der Waals surface area contributed by atoms with Crippen LogP contribution in [0.25, 0.3) is 0 Å². The molecule has 1 aromatic carbocycles. The van der Waals surface area contributed by atoms with Crippen molar-refractivity contribution in [1.29, 1.82) is 0 Å². The molecule has 1 aliphatic rings. The van der Waals surface area contributed by atoms with Gasteiger partial charge in [0.25, 0.3) is 0 Å². The molecule has 1 amide bonds. The van der Waals surface area contributed by atoms with E-state index in [2.05, 4.69) is 5.32 Å². The van der Waals surface area contributed by atoms with E-state index in [4.69, 9.17) is 10.5 Å². The number of rotatable bonds is 5. The lowest BCUT2D eigenvalue weighted by atomic mass is 10.0. The molecule has 0 aromatic heterocycles. The summed E-state index contributed by atoms with van der Waals surface area (Å²) in [4.78, 5) is 11.9. The summed E-state index contributed by atoms with van der Waals surface area (Å²) in [7, 11) is 0. The molecule has 3 N–H and O–H groups in total. The van der Waals surface area contributed by atoms with E-state index in [0.717, 1.165) is 25.7 Å². The number of ether oxygens (including phenoxy) is 1. The van der Waals surface area contributed by atoms with Crippen molar-refractivity contribution in [3.8, 4) is 5.75 Å². The fourth-order valence-electron chi connectivity index (χ4n) is 2.35. The van der Waals surface area contributed by atoms with Crippen LogP contribution < -0.4 is 15.8 Å². The van der Waals surface area contributed by atoms with E-state index < -0.39 is 5.82 Å². The zero-order valence-electron chi connectivity index (χ0n) is 13.0. The van der Waals surface area contributed by atoms with Gasteiger partial charge in [0, 0.05) is 17.8 Å². The number of amides is 1. The minimum absolute atomic E-state index is 0. The highest BCUT2D eigenvalue weighted by Gasteiger charge is 2.20. The van der Waals surface area contributed by atoms with Crippen molar-refractivity contribution in [3.63, 3.8) is 0 Å². The number of nitrogens with two attached hydrogens (primary N) is 1. The average Bonchev–Trinajstić information content (AvgIpc) is 2.93. The van der Waals surface area contributed by atoms with E-state index in [-0.39, 0.29) is 42.1 Å². The number of nitrogens with one attached hydrogen (secondary N) is 1. The molecule has 1 saturated carbocycles. The molecule has 0 bridgehead atoms. The van der Waals surface area contributed by atoms with Gasteiger partial charge in [0.15, 0.2) is 11.6 Å². The predicted octanol–water partition coefficient (Wildman–Crippen LogP) is 3.49. The fourth-order valence-corrected chi connectivity index (χ4v) is 2.35. The number of carbonyl (C=O) groups excluding carboxylic acids is 1. The molecule has 0 radical (unpaired) electrons. The van der Waals surface area contributed by atoms with E-state index in [1.54, 1.807) is 26.0 Å². The van der Waals surface area contributed by atoms with Gasteiger partial charge in [-0.15, -0.1) is 12.4 Å². The van der Waals surface area contributed by atoms with E-state index in [0.29, 0.717) is 5.69 Å². The molecule has 6 heteroatoms. The Kier molecular flexibility index (Phi) is 7.10. The first-order valence-corrected chi connectivity index (χ1v) is 7.50. The summed E-state index contributed by atoms with van der Waals surface area (Å²) in [6.45, 7) is 3.51. The lowest BCUT2D eigenvalue weighted by Crippen LogP contribution is -2.34. The Morgan fingerprint density at radius 3 is 2.55 bits per heavy atom. The van der Waals surface area contributed by atoms with Gasteiger partial charge >= 0.3 is 0 Å². The summed E-state index contributed by atoms with van der Waals surface area (Å²) in [5, 5.41) is 2.67. The van der Waals surface area contributed by atoms with Crippen molar-refractivity contribution < 1.29 is 13.9 Å². The highest BCUT2D eigenvalue weighted by atomic mass is 35.5. The Balaban J connectivity index is 0.00000242. The van der Waals surface area contributed by atoms with Crippen molar-refractivity contribution in [1.82, 2.24) is 0 Å². The minimum Gasteiger partial charge on any atom is -0.487 e. The van der Waals surface area contributed by atoms with Crippen LogP contribution in [0.2, 0.25) is 0 Å². The zero-order chi connectivity index (χ0) is 15.4. The van der Waals surface area contributed by atoms with E-state index in [9.17, 15) is 9.18 Å². The second-order valence-electron chi connectivity index (χ2n) is 5.81. The third-order valence-electron chi connectivity index (χ3n) is 4.00. The Morgan fingerprint density at radius 2 is 2.00 bits per heavy atom. The molecule has 0 heterocycles. The highest BCUT2D eigenvalue weighted by molar-refractivity contribution is 5.92. The highest BCUT2D eigenvalue weighted by Crippen LogP contribution is 2.27. The average molecular weight is 331 g/mol. The molecule has 124 valence electrons. The third-order valence-corrected chi connectivity index (χ3v) is 4.00. The quantitative estimate of drug-likeness (QED) is 0.868. The van der Waals surface area contributed by atoms with Crippen LogP contribution in [-0.2, 0) is 4.79 Å². The predicted molar refractivity (Wildman–Crippen MR) is 88.0 cm³/mol. The molecular formula is C16H24ClFN2O2. The molecule has 22 heavy (non-hydrogen) atoms. The summed E-state index contributed by atoms with van der Waals surface area (Å²) in [5.74, 6) is -0.746. The largest absolute Gasteiger partial charge is 0.487 e. The summed E-state index contributed by atoms with van der Waals surface area (Å²) in [6, 6.07) is 4.26. The van der Waals surface area contributed by atoms with Gasteiger partial charge in [-0.1, -0.05) is 6.92 Å². The van der Waals surface area contributed by atoms with Gasteiger partial charge in [-0.3, -0.25) is 4.79 Å². The van der Waals surface area contributed by atoms with Crippen LogP contribution in [0.1, 0.15) is 39.5 Å². The summed E-state index contributed by atoms with van der Waals surface area (Å²) >= 11 is 0. The van der Waals surface area contributed by atoms with Crippen LogP contribution in [0, 0.1) is 11.7 Å². The number of hydrogen-bond donors (Lipinski definition) is 2. The first-order valence-electron chi connectivity index (χ1n) is 7.50. The smallest absolute Gasteiger partial charge is 0.228 e. The molecular weight excluding hydrogens is 307 g/mol. The second-order valence-corrected chi connectivity index (χ2v) is 5.81. The molecule has 4 nitrogen and oxygen atoms in total. The summed E-state index contributed by atoms with van der Waals surface area (Å²) in [6.07, 6.45) is 4.33. The Morgan fingerprint density at radius 1 is 1.36 bits per heavy atom. The number of benzene rings is 1. The summed E-state index contributed by atoms with van der Waals surface area (Å²) in [5.41, 5.74) is 6.10. The first kappa shape index (κ1) is 18.7. The molecule has 0 saturated heterocycles. The monoisotopic (exact) mass is 330 g/mol. The topological polar surface area (TPSA) is 64.4 Å². The molecule has 1 fully saturated rings. The van der Waals surface area contributed by atoms with E-state index >= 15 is 0 Å². The van der Waals surface area contributed by atoms with Crippen LogP contribution in [0.15, 0.2) is 18.2 Å². The third kappa shape index (κ3) is 4.85. The first-order chi connectivity index (χ1) is 9.97. The van der Waals surface area contributed by atoms with Crippen molar-refractivity contribution in [2.75, 3.05) is 5.32 Å². The van der Waals surface area contributed by atoms with Crippen molar-refractivity contribution in [3.05, 3.63) is 24.0 Å². The van der Waals surface area contributed by atoms with Gasteiger partial charge in [-0.2, -0.15) is 0 Å². The van der Waals surface area contributed by atoms with Gasteiger partial charge in [-0.05, 0) is 44.7 Å². The molecule has 2 rings (SSSR count). The van der Waals surface area contributed by atoms with Crippen molar-refractivity contribution in [2.45, 2.75) is 51.7 Å². The maximum absolute atomic E-state index is 14.0. The molecule has 0 aliphatic heterocycles. The van der Waals surface area contributed by atoms with Crippen molar-refractivity contribution >= 4 is 24.0 Å². The van der Waals surface area contributed by atoms with Crippen LogP contribution in [-0.4, -0.2) is 18.1 Å². The molecule has 0 spiro atoms. The van der Waals surface area contributed by atoms with E-state index in [1.165, 1.54) is 6.07 Å². The Bertz CT molecular complexity index is 505. The van der Waals surface area contributed by atoms with Crippen LogP contribution >= 0.6 is 12.4 Å². The van der Waals surface area contributed by atoms with Crippen molar-refractivity contribution in [2.24, 2.45) is 11.7 Å². The Hall–Kier alpha value is -1.33. The normalized spacial score (nSPS) is 17.5. The van der Waals surface area contributed by atoms with Gasteiger partial charge in [0.05, 0.1) is 12.0 Å². The minimum atomic E-state index is -0.451. The van der Waals surface area contributed by atoms with Gasteiger partial charge in [0.1, 0.15) is 0 Å². The molecule has 1 aliphatic carbocycles. The van der Waals surface area contributed by atoms with Crippen LogP contribution in [0.4, 0.5) is 10.1 Å². The SMILES string of the molecule is CC(N)C(C)C(=O)Nc1ccc(OC2CCCC2)c(F)c1.Cl. The van der Waals surface area contributed by atoms with E-state index in [1.807, 2.05) is 0 Å². The Labute approximate surface area is 137 Å². The maximum atomic E-state index is 14.0. The maximum Gasteiger partial charge on any atom is 0.228 e. The van der Waals surface area contributed by atoms with Gasteiger partial charge in [-0.25, -0.2) is 4.39 Å².